The SMILES string of the molecule is NCC(=O)NCC(=O)NCC(=O)NC(Cc1ccccc1)C(=O)O. The highest BCUT2D eigenvalue weighted by Crippen LogP contribution is 2.03. The lowest BCUT2D eigenvalue weighted by Gasteiger charge is -2.15. The van der Waals surface area contributed by atoms with Gasteiger partial charge < -0.3 is 26.8 Å². The van der Waals surface area contributed by atoms with Gasteiger partial charge in [-0.25, -0.2) is 4.79 Å². The highest BCUT2D eigenvalue weighted by Gasteiger charge is 2.20. The number of carboxylic acid groups (broad SMARTS) is 1. The Morgan fingerprint density at radius 1 is 0.958 bits per heavy atom. The number of carbonyl (C=O) groups is 4. The van der Waals surface area contributed by atoms with Crippen molar-refractivity contribution in [2.24, 2.45) is 5.73 Å². The Kier molecular flexibility index (Phi) is 7.92. The molecule has 0 saturated heterocycles. The average Bonchev–Trinajstić information content (AvgIpc) is 2.58. The van der Waals surface area contributed by atoms with Crippen molar-refractivity contribution in [1.82, 2.24) is 16.0 Å². The maximum atomic E-state index is 11.8. The van der Waals surface area contributed by atoms with Crippen molar-refractivity contribution in [2.45, 2.75) is 12.5 Å². The molecule has 0 spiro atoms. The Morgan fingerprint density at radius 2 is 1.54 bits per heavy atom. The van der Waals surface area contributed by atoms with E-state index < -0.39 is 36.3 Å². The fraction of sp³-hybridized carbons (Fsp3) is 0.333. The second-order valence-corrected chi connectivity index (χ2v) is 4.91. The van der Waals surface area contributed by atoms with Crippen molar-refractivity contribution in [3.05, 3.63) is 35.9 Å². The van der Waals surface area contributed by atoms with Crippen LogP contribution in [-0.2, 0) is 25.6 Å². The summed E-state index contributed by atoms with van der Waals surface area (Å²) in [7, 11) is 0. The normalized spacial score (nSPS) is 11.2. The van der Waals surface area contributed by atoms with Crippen LogP contribution in [0.4, 0.5) is 0 Å². The summed E-state index contributed by atoms with van der Waals surface area (Å²) in [4.78, 5) is 45.3. The first-order chi connectivity index (χ1) is 11.4. The van der Waals surface area contributed by atoms with E-state index in [2.05, 4.69) is 16.0 Å². The Morgan fingerprint density at radius 3 is 2.12 bits per heavy atom. The van der Waals surface area contributed by atoms with E-state index in [1.165, 1.54) is 0 Å². The lowest BCUT2D eigenvalue weighted by Crippen LogP contribution is -2.48. The molecule has 0 fully saturated rings. The topological polar surface area (TPSA) is 151 Å². The van der Waals surface area contributed by atoms with E-state index in [4.69, 9.17) is 5.73 Å². The molecule has 0 saturated carbocycles. The minimum absolute atomic E-state index is 0.127. The standard InChI is InChI=1S/C15H20N4O5/c16-7-12(20)17-8-13(21)18-9-14(22)19-11(15(23)24)6-10-4-2-1-3-5-10/h1-5,11H,6-9,16H2,(H,17,20)(H,18,21)(H,19,22)(H,23,24). The number of aliphatic carboxylic acids is 1. The molecule has 0 radical (unpaired) electrons. The van der Waals surface area contributed by atoms with E-state index in [1.807, 2.05) is 0 Å². The number of carbonyl (C=O) groups excluding carboxylic acids is 3. The maximum Gasteiger partial charge on any atom is 0.326 e. The van der Waals surface area contributed by atoms with Crippen LogP contribution in [0.5, 0.6) is 0 Å². The number of benzene rings is 1. The number of hydrogen-bond acceptors (Lipinski definition) is 5. The predicted octanol–water partition coefficient (Wildman–Crippen LogP) is -2.01. The van der Waals surface area contributed by atoms with E-state index >= 15 is 0 Å². The highest BCUT2D eigenvalue weighted by molar-refractivity contribution is 5.90. The molecule has 0 aliphatic heterocycles. The number of nitrogens with two attached hydrogens (primary N) is 1. The van der Waals surface area contributed by atoms with Crippen LogP contribution in [-0.4, -0.2) is 54.5 Å². The van der Waals surface area contributed by atoms with Crippen LogP contribution in [0.3, 0.4) is 0 Å². The molecule has 0 heterocycles. The Balaban J connectivity index is 2.41. The van der Waals surface area contributed by atoms with E-state index in [0.29, 0.717) is 0 Å². The van der Waals surface area contributed by atoms with Crippen LogP contribution in [0.2, 0.25) is 0 Å². The molecule has 130 valence electrons. The van der Waals surface area contributed by atoms with Gasteiger partial charge in [-0.2, -0.15) is 0 Å². The monoisotopic (exact) mass is 336 g/mol. The first-order valence-corrected chi connectivity index (χ1v) is 7.22. The minimum Gasteiger partial charge on any atom is -0.480 e. The molecule has 0 aromatic heterocycles. The summed E-state index contributed by atoms with van der Waals surface area (Å²) in [6, 6.07) is 7.75. The molecular weight excluding hydrogens is 316 g/mol. The molecule has 1 aromatic carbocycles. The highest BCUT2D eigenvalue weighted by atomic mass is 16.4. The average molecular weight is 336 g/mol. The zero-order valence-electron chi connectivity index (χ0n) is 13.0. The molecule has 6 N–H and O–H groups in total. The second-order valence-electron chi connectivity index (χ2n) is 4.91. The van der Waals surface area contributed by atoms with Crippen molar-refractivity contribution in [3.8, 4) is 0 Å². The minimum atomic E-state index is -1.17. The summed E-state index contributed by atoms with van der Waals surface area (Å²) >= 11 is 0. The summed E-state index contributed by atoms with van der Waals surface area (Å²) in [6.45, 7) is -0.945. The third-order valence-electron chi connectivity index (χ3n) is 2.99. The largest absolute Gasteiger partial charge is 0.480 e. The third-order valence-corrected chi connectivity index (χ3v) is 2.99. The molecular formula is C15H20N4O5. The van der Waals surface area contributed by atoms with Crippen molar-refractivity contribution in [3.63, 3.8) is 0 Å². The summed E-state index contributed by atoms with van der Waals surface area (Å²) < 4.78 is 0. The van der Waals surface area contributed by atoms with Crippen molar-refractivity contribution >= 4 is 23.7 Å². The van der Waals surface area contributed by atoms with Gasteiger partial charge in [0.25, 0.3) is 0 Å². The van der Waals surface area contributed by atoms with Gasteiger partial charge in [-0.1, -0.05) is 30.3 Å². The quantitative estimate of drug-likeness (QED) is 0.351. The van der Waals surface area contributed by atoms with Crippen LogP contribution < -0.4 is 21.7 Å². The third kappa shape index (κ3) is 7.36. The van der Waals surface area contributed by atoms with Gasteiger partial charge in [-0.3, -0.25) is 14.4 Å². The summed E-state index contributed by atoms with van der Waals surface area (Å²) in [5.41, 5.74) is 5.83. The van der Waals surface area contributed by atoms with Crippen LogP contribution in [0, 0.1) is 0 Å². The van der Waals surface area contributed by atoms with Gasteiger partial charge >= 0.3 is 5.97 Å². The number of rotatable bonds is 9. The zero-order valence-corrected chi connectivity index (χ0v) is 13.0. The lowest BCUT2D eigenvalue weighted by molar-refractivity contribution is -0.141. The van der Waals surface area contributed by atoms with E-state index in [9.17, 15) is 24.3 Å². The Labute approximate surface area is 138 Å². The molecule has 1 aromatic rings. The summed E-state index contributed by atoms with van der Waals surface area (Å²) in [5.74, 6) is -2.89. The fourth-order valence-electron chi connectivity index (χ4n) is 1.79. The van der Waals surface area contributed by atoms with E-state index in [0.717, 1.165) is 5.56 Å². The zero-order chi connectivity index (χ0) is 17.9. The molecule has 1 rings (SSSR count). The van der Waals surface area contributed by atoms with Gasteiger partial charge in [0.1, 0.15) is 6.04 Å². The van der Waals surface area contributed by atoms with Crippen molar-refractivity contribution < 1.29 is 24.3 Å². The first-order valence-electron chi connectivity index (χ1n) is 7.22. The fourth-order valence-corrected chi connectivity index (χ4v) is 1.79. The molecule has 24 heavy (non-hydrogen) atoms. The molecule has 1 atom stereocenters. The van der Waals surface area contributed by atoms with Gasteiger partial charge in [0.2, 0.25) is 17.7 Å². The lowest BCUT2D eigenvalue weighted by atomic mass is 10.1. The summed E-state index contributed by atoms with van der Waals surface area (Å²) in [5, 5.41) is 16.0. The predicted molar refractivity (Wildman–Crippen MR) is 84.8 cm³/mol. The molecule has 1 unspecified atom stereocenters. The van der Waals surface area contributed by atoms with Crippen LogP contribution in [0.15, 0.2) is 30.3 Å². The smallest absolute Gasteiger partial charge is 0.326 e. The molecule has 0 bridgehead atoms. The maximum absolute atomic E-state index is 11.8. The van der Waals surface area contributed by atoms with Gasteiger partial charge in [0.05, 0.1) is 19.6 Å². The molecule has 3 amide bonds. The first kappa shape index (κ1) is 19.1. The second kappa shape index (κ2) is 9.95. The van der Waals surface area contributed by atoms with E-state index in [1.54, 1.807) is 30.3 Å². The molecule has 9 nitrogen and oxygen atoms in total. The summed E-state index contributed by atoms with van der Waals surface area (Å²) in [6.07, 6.45) is 0.127. The number of carboxylic acids is 1. The van der Waals surface area contributed by atoms with Gasteiger partial charge in [-0.15, -0.1) is 0 Å². The molecule has 9 heteroatoms. The molecule has 0 aliphatic carbocycles. The van der Waals surface area contributed by atoms with Crippen LogP contribution in [0.1, 0.15) is 5.56 Å². The van der Waals surface area contributed by atoms with E-state index in [-0.39, 0.29) is 19.5 Å². The number of hydrogen-bond donors (Lipinski definition) is 5. The molecule has 0 aliphatic rings. The van der Waals surface area contributed by atoms with Crippen molar-refractivity contribution in [2.75, 3.05) is 19.6 Å². The number of amides is 3. The van der Waals surface area contributed by atoms with Gasteiger partial charge in [-0.05, 0) is 5.56 Å². The Hall–Kier alpha value is -2.94. The van der Waals surface area contributed by atoms with Crippen LogP contribution >= 0.6 is 0 Å². The van der Waals surface area contributed by atoms with Gasteiger partial charge in [0.15, 0.2) is 0 Å². The van der Waals surface area contributed by atoms with Gasteiger partial charge in [0, 0.05) is 6.42 Å². The van der Waals surface area contributed by atoms with Crippen molar-refractivity contribution in [1.29, 1.82) is 0 Å². The van der Waals surface area contributed by atoms with Crippen LogP contribution in [0.25, 0.3) is 0 Å². The Bertz CT molecular complexity index is 591. The number of nitrogens with one attached hydrogen (secondary N) is 3.